The number of hydrogen-bond acceptors (Lipinski definition) is 5. The number of methoxy groups -OCH3 is 1. The van der Waals surface area contributed by atoms with Crippen molar-refractivity contribution >= 4 is 17.5 Å². The molecule has 0 amide bonds. The molecule has 0 saturated carbocycles. The number of nitrogens with one attached hydrogen (secondary N) is 1. The highest BCUT2D eigenvalue weighted by Crippen LogP contribution is 2.10. The molecule has 0 fully saturated rings. The average molecular weight is 265 g/mol. The smallest absolute Gasteiger partial charge is 0.322 e. The lowest BCUT2D eigenvalue weighted by Crippen LogP contribution is -2.09. The highest BCUT2D eigenvalue weighted by atomic mass is 35.5. The van der Waals surface area contributed by atoms with Gasteiger partial charge in [-0.25, -0.2) is 0 Å². The van der Waals surface area contributed by atoms with Gasteiger partial charge in [0.25, 0.3) is 0 Å². The van der Waals surface area contributed by atoms with E-state index in [4.69, 9.17) is 16.3 Å². The Labute approximate surface area is 110 Å². The van der Waals surface area contributed by atoms with Crippen LogP contribution in [0.2, 0.25) is 5.28 Å². The molecule has 1 N–H and O–H groups in total. The first kappa shape index (κ1) is 12.6. The number of aromatic nitrogens is 3. The van der Waals surface area contributed by atoms with Gasteiger partial charge < -0.3 is 10.1 Å². The summed E-state index contributed by atoms with van der Waals surface area (Å²) < 4.78 is 4.91. The van der Waals surface area contributed by atoms with Crippen LogP contribution in [0, 0.1) is 0 Å². The monoisotopic (exact) mass is 264 g/mol. The molecule has 5 nitrogen and oxygen atoms in total. The van der Waals surface area contributed by atoms with Gasteiger partial charge in [-0.2, -0.15) is 15.0 Å². The topological polar surface area (TPSA) is 59.9 Å². The first-order valence-electron chi connectivity index (χ1n) is 5.51. The lowest BCUT2D eigenvalue weighted by atomic mass is 10.1. The number of nitrogens with zero attached hydrogens (tertiary/aromatic N) is 3. The molecule has 1 heterocycles. The van der Waals surface area contributed by atoms with E-state index >= 15 is 0 Å². The molecule has 0 aliphatic carbocycles. The number of rotatable bonds is 5. The zero-order chi connectivity index (χ0) is 12.8. The molecule has 0 aliphatic heterocycles. The van der Waals surface area contributed by atoms with E-state index in [0.29, 0.717) is 12.5 Å². The standard InChI is InChI=1S/C12H13ClN4O/c1-18-12-16-10(13)15-11(17-12)14-8-7-9-5-3-2-4-6-9/h2-6H,7-8H2,1H3,(H,14,15,16,17). The summed E-state index contributed by atoms with van der Waals surface area (Å²) in [6, 6.07) is 10.4. The van der Waals surface area contributed by atoms with Crippen LogP contribution in [0.1, 0.15) is 5.56 Å². The summed E-state index contributed by atoms with van der Waals surface area (Å²) >= 11 is 5.74. The largest absolute Gasteiger partial charge is 0.467 e. The molecule has 6 heteroatoms. The van der Waals surface area contributed by atoms with Gasteiger partial charge in [0.1, 0.15) is 0 Å². The van der Waals surface area contributed by atoms with Crippen LogP contribution in [-0.2, 0) is 6.42 Å². The highest BCUT2D eigenvalue weighted by molar-refractivity contribution is 6.28. The quantitative estimate of drug-likeness (QED) is 0.897. The van der Waals surface area contributed by atoms with Gasteiger partial charge in [-0.1, -0.05) is 30.3 Å². The van der Waals surface area contributed by atoms with Gasteiger partial charge in [-0.05, 0) is 23.6 Å². The molecule has 0 bridgehead atoms. The Morgan fingerprint density at radius 1 is 1.17 bits per heavy atom. The summed E-state index contributed by atoms with van der Waals surface area (Å²) in [4.78, 5) is 11.8. The predicted molar refractivity (Wildman–Crippen MR) is 70.0 cm³/mol. The van der Waals surface area contributed by atoms with Crippen molar-refractivity contribution in [1.29, 1.82) is 0 Å². The van der Waals surface area contributed by atoms with E-state index in [1.54, 1.807) is 0 Å². The van der Waals surface area contributed by atoms with Crippen LogP contribution in [-0.4, -0.2) is 28.6 Å². The Bertz CT molecular complexity index is 507. The minimum Gasteiger partial charge on any atom is -0.467 e. The van der Waals surface area contributed by atoms with Crippen molar-refractivity contribution in [3.63, 3.8) is 0 Å². The van der Waals surface area contributed by atoms with Gasteiger partial charge in [-0.3, -0.25) is 0 Å². The molecule has 94 valence electrons. The second-order valence-corrected chi connectivity index (χ2v) is 3.92. The Morgan fingerprint density at radius 3 is 2.67 bits per heavy atom. The van der Waals surface area contributed by atoms with Crippen molar-refractivity contribution in [2.45, 2.75) is 6.42 Å². The predicted octanol–water partition coefficient (Wildman–Crippen LogP) is 2.19. The third-order valence-corrected chi connectivity index (χ3v) is 2.48. The fraction of sp³-hybridized carbons (Fsp3) is 0.250. The van der Waals surface area contributed by atoms with E-state index in [2.05, 4.69) is 32.4 Å². The zero-order valence-corrected chi connectivity index (χ0v) is 10.7. The minimum atomic E-state index is 0.115. The van der Waals surface area contributed by atoms with Crippen LogP contribution < -0.4 is 10.1 Å². The number of hydrogen-bond donors (Lipinski definition) is 1. The summed E-state index contributed by atoms with van der Waals surface area (Å²) in [6.45, 7) is 0.716. The van der Waals surface area contributed by atoms with Gasteiger partial charge in [0.05, 0.1) is 7.11 Å². The summed E-state index contributed by atoms with van der Waals surface area (Å²) in [6.07, 6.45) is 0.881. The molecule has 18 heavy (non-hydrogen) atoms. The van der Waals surface area contributed by atoms with Crippen LogP contribution in [0.15, 0.2) is 30.3 Å². The van der Waals surface area contributed by atoms with Crippen LogP contribution >= 0.6 is 11.6 Å². The SMILES string of the molecule is COc1nc(Cl)nc(NCCc2ccccc2)n1. The lowest BCUT2D eigenvalue weighted by Gasteiger charge is -2.06. The van der Waals surface area contributed by atoms with E-state index in [0.717, 1.165) is 6.42 Å². The van der Waals surface area contributed by atoms with Crippen molar-refractivity contribution in [2.24, 2.45) is 0 Å². The average Bonchev–Trinajstić information content (AvgIpc) is 2.39. The maximum atomic E-state index is 5.74. The Morgan fingerprint density at radius 2 is 1.94 bits per heavy atom. The summed E-state index contributed by atoms with van der Waals surface area (Å²) in [5.74, 6) is 0.419. The second kappa shape index (κ2) is 6.16. The normalized spacial score (nSPS) is 10.1. The first-order chi connectivity index (χ1) is 8.78. The van der Waals surface area contributed by atoms with Gasteiger partial charge in [-0.15, -0.1) is 0 Å². The molecule has 0 unspecified atom stereocenters. The van der Waals surface area contributed by atoms with Crippen LogP contribution in [0.3, 0.4) is 0 Å². The number of anilines is 1. The molecule has 1 aromatic carbocycles. The molecular formula is C12H13ClN4O. The van der Waals surface area contributed by atoms with E-state index in [1.165, 1.54) is 12.7 Å². The van der Waals surface area contributed by atoms with Gasteiger partial charge in [0, 0.05) is 6.54 Å². The number of halogens is 1. The van der Waals surface area contributed by atoms with Crippen LogP contribution in [0.5, 0.6) is 6.01 Å². The van der Waals surface area contributed by atoms with Crippen molar-refractivity contribution in [2.75, 3.05) is 19.0 Å². The molecule has 0 aliphatic rings. The second-order valence-electron chi connectivity index (χ2n) is 3.58. The third kappa shape index (κ3) is 3.56. The van der Waals surface area contributed by atoms with Crippen LogP contribution in [0.4, 0.5) is 5.95 Å². The minimum absolute atomic E-state index is 0.115. The number of benzene rings is 1. The molecule has 1 aromatic heterocycles. The fourth-order valence-electron chi connectivity index (χ4n) is 1.47. The maximum Gasteiger partial charge on any atom is 0.322 e. The van der Waals surface area contributed by atoms with Crippen molar-refractivity contribution in [3.8, 4) is 6.01 Å². The summed E-state index contributed by atoms with van der Waals surface area (Å²) in [5, 5.41) is 3.20. The Kier molecular flexibility index (Phi) is 4.30. The maximum absolute atomic E-state index is 5.74. The van der Waals surface area contributed by atoms with Crippen LogP contribution in [0.25, 0.3) is 0 Å². The van der Waals surface area contributed by atoms with Crippen molar-refractivity contribution in [1.82, 2.24) is 15.0 Å². The Hall–Kier alpha value is -1.88. The first-order valence-corrected chi connectivity index (χ1v) is 5.89. The van der Waals surface area contributed by atoms with Crippen molar-refractivity contribution < 1.29 is 4.74 Å². The Balaban J connectivity index is 1.92. The molecule has 0 radical (unpaired) electrons. The highest BCUT2D eigenvalue weighted by Gasteiger charge is 2.04. The van der Waals surface area contributed by atoms with E-state index in [9.17, 15) is 0 Å². The fourth-order valence-corrected chi connectivity index (χ4v) is 1.62. The molecule has 0 atom stereocenters. The van der Waals surface area contributed by atoms with Gasteiger partial charge >= 0.3 is 6.01 Å². The molecule has 0 spiro atoms. The van der Waals surface area contributed by atoms with E-state index in [1.807, 2.05) is 18.2 Å². The summed E-state index contributed by atoms with van der Waals surface area (Å²) in [5.41, 5.74) is 1.25. The molecular weight excluding hydrogens is 252 g/mol. The lowest BCUT2D eigenvalue weighted by molar-refractivity contribution is 0.379. The number of ether oxygens (including phenoxy) is 1. The zero-order valence-electron chi connectivity index (χ0n) is 9.93. The summed E-state index contributed by atoms with van der Waals surface area (Å²) in [7, 11) is 1.49. The van der Waals surface area contributed by atoms with Gasteiger partial charge in [0.2, 0.25) is 11.2 Å². The molecule has 2 rings (SSSR count). The molecule has 0 saturated heterocycles. The van der Waals surface area contributed by atoms with Gasteiger partial charge in [0.15, 0.2) is 0 Å². The third-order valence-electron chi connectivity index (χ3n) is 2.31. The van der Waals surface area contributed by atoms with Crippen molar-refractivity contribution in [3.05, 3.63) is 41.2 Å². The van der Waals surface area contributed by atoms with E-state index in [-0.39, 0.29) is 11.3 Å². The molecule has 2 aromatic rings. The van der Waals surface area contributed by atoms with E-state index < -0.39 is 0 Å².